The van der Waals surface area contributed by atoms with E-state index < -0.39 is 9.84 Å². The second kappa shape index (κ2) is 8.22. The van der Waals surface area contributed by atoms with Crippen molar-refractivity contribution in [3.8, 4) is 0 Å². The zero-order chi connectivity index (χ0) is 22.3. The molecule has 1 amide bonds. The van der Waals surface area contributed by atoms with Crippen LogP contribution in [0, 0.1) is 0 Å². The molecule has 1 saturated heterocycles. The fourth-order valence-corrected chi connectivity index (χ4v) is 5.68. The number of hydrogen-bond acceptors (Lipinski definition) is 7. The first-order valence-corrected chi connectivity index (χ1v) is 13.1. The van der Waals surface area contributed by atoms with Gasteiger partial charge in [-0.1, -0.05) is 18.2 Å². The summed E-state index contributed by atoms with van der Waals surface area (Å²) in [5, 5.41) is 0.976. The first-order chi connectivity index (χ1) is 15.4. The third-order valence-electron chi connectivity index (χ3n) is 5.82. The van der Waals surface area contributed by atoms with Crippen molar-refractivity contribution in [2.24, 2.45) is 0 Å². The van der Waals surface area contributed by atoms with Crippen molar-refractivity contribution in [3.63, 3.8) is 0 Å². The Hall–Kier alpha value is -2.91. The van der Waals surface area contributed by atoms with Gasteiger partial charge in [0.1, 0.15) is 6.61 Å². The normalized spacial score (nSPS) is 16.2. The topological polar surface area (TPSA) is 79.8 Å². The van der Waals surface area contributed by atoms with E-state index in [0.29, 0.717) is 24.5 Å². The largest absolute Gasteiger partial charge is 0.447 e. The highest BCUT2D eigenvalue weighted by molar-refractivity contribution is 7.90. The Balaban J connectivity index is 1.29. The molecule has 0 spiro atoms. The molecule has 0 N–H and O–H groups in total. The number of cyclic esters (lactones) is 1. The van der Waals surface area contributed by atoms with Crippen LogP contribution < -0.4 is 9.80 Å². The molecule has 2 aromatic carbocycles. The number of anilines is 2. The molecule has 0 radical (unpaired) electrons. The summed E-state index contributed by atoms with van der Waals surface area (Å²) in [4.78, 5) is 22.0. The van der Waals surface area contributed by atoms with E-state index in [1.165, 1.54) is 17.4 Å². The highest BCUT2D eigenvalue weighted by atomic mass is 32.2. The molecular weight excluding hydrogens is 446 g/mol. The lowest BCUT2D eigenvalue weighted by Crippen LogP contribution is -2.31. The maximum absolute atomic E-state index is 11.9. The number of nitrogens with zero attached hydrogens (tertiary/aromatic N) is 3. The molecule has 3 heterocycles. The number of benzene rings is 2. The number of aromatic nitrogens is 1. The minimum Gasteiger partial charge on any atom is -0.447 e. The number of sulfone groups is 1. The van der Waals surface area contributed by atoms with Gasteiger partial charge in [-0.05, 0) is 47.4 Å². The zero-order valence-electron chi connectivity index (χ0n) is 17.7. The van der Waals surface area contributed by atoms with E-state index in [4.69, 9.17) is 4.74 Å². The number of ether oxygens (including phenoxy) is 1. The molecule has 166 valence electrons. The Morgan fingerprint density at radius 1 is 1.09 bits per heavy atom. The van der Waals surface area contributed by atoms with Gasteiger partial charge in [0.15, 0.2) is 15.0 Å². The molecule has 9 heteroatoms. The lowest BCUT2D eigenvalue weighted by Gasteiger charge is -2.29. The second-order valence-electron chi connectivity index (χ2n) is 8.09. The predicted octanol–water partition coefficient (Wildman–Crippen LogP) is 3.66. The van der Waals surface area contributed by atoms with Gasteiger partial charge in [-0.3, -0.25) is 4.90 Å². The van der Waals surface area contributed by atoms with Crippen LogP contribution in [0.3, 0.4) is 0 Å². The minimum absolute atomic E-state index is 0.285. The molecule has 3 aromatic rings. The molecule has 1 aromatic heterocycles. The average Bonchev–Trinajstić information content (AvgIpc) is 3.42. The van der Waals surface area contributed by atoms with Gasteiger partial charge in [-0.25, -0.2) is 18.2 Å². The molecule has 0 atom stereocenters. The van der Waals surface area contributed by atoms with E-state index in [9.17, 15) is 13.2 Å². The van der Waals surface area contributed by atoms with E-state index in [-0.39, 0.29) is 6.09 Å². The zero-order valence-corrected chi connectivity index (χ0v) is 19.3. The van der Waals surface area contributed by atoms with Crippen LogP contribution in [0.4, 0.5) is 15.6 Å². The molecular formula is C23H23N3O4S2. The number of carbonyl (C=O) groups excluding carboxylic acids is 1. The van der Waals surface area contributed by atoms with Crippen molar-refractivity contribution in [2.45, 2.75) is 24.3 Å². The summed E-state index contributed by atoms with van der Waals surface area (Å²) in [6, 6.07) is 13.2. The quantitative estimate of drug-likeness (QED) is 0.567. The third kappa shape index (κ3) is 4.22. The number of rotatable bonds is 5. The van der Waals surface area contributed by atoms with E-state index in [1.807, 2.05) is 24.4 Å². The van der Waals surface area contributed by atoms with Crippen LogP contribution in [0.2, 0.25) is 0 Å². The maximum atomic E-state index is 11.9. The Labute approximate surface area is 191 Å². The van der Waals surface area contributed by atoms with Gasteiger partial charge in [0.2, 0.25) is 0 Å². The molecule has 2 aliphatic heterocycles. The average molecular weight is 470 g/mol. The highest BCUT2D eigenvalue weighted by Gasteiger charge is 2.26. The lowest BCUT2D eigenvalue weighted by atomic mass is 9.99. The van der Waals surface area contributed by atoms with Crippen LogP contribution in [0.5, 0.6) is 0 Å². The summed E-state index contributed by atoms with van der Waals surface area (Å²) in [5.74, 6) is 0. The van der Waals surface area contributed by atoms with Crippen LogP contribution in [0.15, 0.2) is 53.6 Å². The summed E-state index contributed by atoms with van der Waals surface area (Å²) in [6.07, 6.45) is 4.48. The van der Waals surface area contributed by atoms with Gasteiger partial charge in [0, 0.05) is 42.5 Å². The number of fused-ring (bicyclic) bond motifs is 1. The number of amides is 1. The predicted molar refractivity (Wildman–Crippen MR) is 124 cm³/mol. The fraction of sp³-hybridized carbons (Fsp3) is 0.304. The molecule has 1 fully saturated rings. The van der Waals surface area contributed by atoms with Crippen molar-refractivity contribution < 1.29 is 17.9 Å². The first kappa shape index (κ1) is 21.0. The monoisotopic (exact) mass is 469 g/mol. The Morgan fingerprint density at radius 2 is 1.91 bits per heavy atom. The summed E-state index contributed by atoms with van der Waals surface area (Å²) in [7, 11) is -3.18. The van der Waals surface area contributed by atoms with Gasteiger partial charge in [0.05, 0.1) is 11.4 Å². The van der Waals surface area contributed by atoms with E-state index in [0.717, 1.165) is 40.8 Å². The van der Waals surface area contributed by atoms with Gasteiger partial charge in [-0.15, -0.1) is 11.3 Å². The number of thiazole rings is 1. The van der Waals surface area contributed by atoms with Crippen LogP contribution in [-0.2, 0) is 34.0 Å². The van der Waals surface area contributed by atoms with Crippen molar-refractivity contribution in [2.75, 3.05) is 35.8 Å². The third-order valence-corrected chi connectivity index (χ3v) is 8.00. The van der Waals surface area contributed by atoms with Crippen molar-refractivity contribution in [1.82, 2.24) is 4.98 Å². The summed E-state index contributed by atoms with van der Waals surface area (Å²) in [5.41, 5.74) is 4.45. The molecule has 0 bridgehead atoms. The second-order valence-corrected chi connectivity index (χ2v) is 11.2. The molecule has 32 heavy (non-hydrogen) atoms. The molecule has 0 aliphatic carbocycles. The van der Waals surface area contributed by atoms with Gasteiger partial charge in [0.25, 0.3) is 0 Å². The smallest absolute Gasteiger partial charge is 0.414 e. The van der Waals surface area contributed by atoms with Gasteiger partial charge < -0.3 is 9.64 Å². The Kier molecular flexibility index (Phi) is 5.38. The van der Waals surface area contributed by atoms with E-state index in [1.54, 1.807) is 28.4 Å². The Morgan fingerprint density at radius 3 is 2.62 bits per heavy atom. The highest BCUT2D eigenvalue weighted by Crippen LogP contribution is 2.31. The van der Waals surface area contributed by atoms with Crippen LogP contribution >= 0.6 is 11.3 Å². The van der Waals surface area contributed by atoms with Crippen LogP contribution in [-0.4, -0.2) is 45.4 Å². The van der Waals surface area contributed by atoms with Gasteiger partial charge in [-0.2, -0.15) is 0 Å². The Bertz CT molecular complexity index is 1270. The summed E-state index contributed by atoms with van der Waals surface area (Å²) >= 11 is 1.66. The standard InChI is InChI=1S/C23H23N3O4S2/c1-32(28,29)21-6-2-16(3-7-21)12-20-14-24-22(31-20)25-9-8-17-4-5-19(13-18(17)15-25)26-10-11-30-23(26)27/h2-7,13-14H,8-12,15H2,1H3. The fourth-order valence-electron chi connectivity index (χ4n) is 4.08. The van der Waals surface area contributed by atoms with Gasteiger partial charge >= 0.3 is 6.09 Å². The molecule has 7 nitrogen and oxygen atoms in total. The number of hydrogen-bond donors (Lipinski definition) is 0. The molecule has 2 aliphatic rings. The first-order valence-electron chi connectivity index (χ1n) is 10.4. The van der Waals surface area contributed by atoms with Crippen molar-refractivity contribution in [1.29, 1.82) is 0 Å². The van der Waals surface area contributed by atoms with Crippen molar-refractivity contribution >= 4 is 38.1 Å². The van der Waals surface area contributed by atoms with Crippen molar-refractivity contribution in [3.05, 3.63) is 70.2 Å². The minimum atomic E-state index is -3.18. The molecule has 0 unspecified atom stereocenters. The van der Waals surface area contributed by atoms with Crippen LogP contribution in [0.1, 0.15) is 21.6 Å². The summed E-state index contributed by atoms with van der Waals surface area (Å²) in [6.45, 7) is 2.67. The molecule has 0 saturated carbocycles. The SMILES string of the molecule is CS(=O)(=O)c1ccc(Cc2cnc(N3CCc4ccc(N5CCOC5=O)cc4C3)s2)cc1. The number of carbonyl (C=O) groups is 1. The maximum Gasteiger partial charge on any atom is 0.414 e. The lowest BCUT2D eigenvalue weighted by molar-refractivity contribution is 0.181. The summed E-state index contributed by atoms with van der Waals surface area (Å²) < 4.78 is 28.4. The van der Waals surface area contributed by atoms with E-state index >= 15 is 0 Å². The van der Waals surface area contributed by atoms with Crippen LogP contribution in [0.25, 0.3) is 0 Å². The van der Waals surface area contributed by atoms with E-state index in [2.05, 4.69) is 22.0 Å². The molecule has 5 rings (SSSR count).